The first-order chi connectivity index (χ1) is 14.0. The molecule has 0 bridgehead atoms. The van der Waals surface area contributed by atoms with E-state index in [-0.39, 0.29) is 37.2 Å². The van der Waals surface area contributed by atoms with E-state index in [1.807, 2.05) is 0 Å². The van der Waals surface area contributed by atoms with Crippen molar-refractivity contribution in [3.05, 3.63) is 65.2 Å². The lowest BCUT2D eigenvalue weighted by Crippen LogP contribution is -2.46. The van der Waals surface area contributed by atoms with E-state index in [1.54, 1.807) is 24.3 Å². The Kier molecular flexibility index (Phi) is 5.81. The van der Waals surface area contributed by atoms with Crippen LogP contribution in [-0.4, -0.2) is 45.7 Å². The molecule has 160 valence electrons. The fraction of sp³-hybridized carbons (Fsp3) is 0.364. The molecule has 1 amide bonds. The standard InChI is InChI=1S/C22H23F2NO5/c1-21(2,20(27)28)30-18-6-4-3-5-16(18)22(29)9-11-25(12-10-22)19(26)15-8-7-14(23)13-17(15)24/h3-8,13,29H,9-12H2,1-2H3,(H,27,28). The van der Waals surface area contributed by atoms with Crippen molar-refractivity contribution in [2.45, 2.75) is 37.9 Å². The summed E-state index contributed by atoms with van der Waals surface area (Å²) in [5, 5.41) is 20.6. The zero-order valence-corrected chi connectivity index (χ0v) is 16.7. The minimum atomic E-state index is -1.50. The van der Waals surface area contributed by atoms with Crippen molar-refractivity contribution in [3.63, 3.8) is 0 Å². The van der Waals surface area contributed by atoms with Gasteiger partial charge in [0.15, 0.2) is 5.60 Å². The highest BCUT2D eigenvalue weighted by Crippen LogP contribution is 2.39. The fourth-order valence-corrected chi connectivity index (χ4v) is 3.44. The van der Waals surface area contributed by atoms with Crippen molar-refractivity contribution >= 4 is 11.9 Å². The van der Waals surface area contributed by atoms with Crippen molar-refractivity contribution in [3.8, 4) is 5.75 Å². The number of para-hydroxylation sites is 1. The summed E-state index contributed by atoms with van der Waals surface area (Å²) in [6.45, 7) is 3.11. The lowest BCUT2D eigenvalue weighted by molar-refractivity contribution is -0.152. The van der Waals surface area contributed by atoms with Gasteiger partial charge in [-0.1, -0.05) is 18.2 Å². The van der Waals surface area contributed by atoms with Crippen molar-refractivity contribution in [2.24, 2.45) is 0 Å². The summed E-state index contributed by atoms with van der Waals surface area (Å²) in [7, 11) is 0. The summed E-state index contributed by atoms with van der Waals surface area (Å²) in [4.78, 5) is 25.4. The number of halogens is 2. The van der Waals surface area contributed by atoms with Gasteiger partial charge in [0.1, 0.15) is 17.4 Å². The number of amides is 1. The molecule has 2 aromatic carbocycles. The molecule has 6 nitrogen and oxygen atoms in total. The molecule has 0 saturated carbocycles. The van der Waals surface area contributed by atoms with Crippen molar-refractivity contribution in [1.29, 1.82) is 0 Å². The molecule has 30 heavy (non-hydrogen) atoms. The summed E-state index contributed by atoms with van der Waals surface area (Å²) in [6.07, 6.45) is 0.296. The molecule has 1 fully saturated rings. The minimum absolute atomic E-state index is 0.142. The number of carboxylic acids is 1. The Labute approximate surface area is 172 Å². The van der Waals surface area contributed by atoms with Crippen LogP contribution in [0.2, 0.25) is 0 Å². The Bertz CT molecular complexity index is 968. The van der Waals surface area contributed by atoms with Gasteiger partial charge < -0.3 is 19.8 Å². The molecule has 2 aromatic rings. The summed E-state index contributed by atoms with van der Waals surface area (Å²) < 4.78 is 32.7. The van der Waals surface area contributed by atoms with Gasteiger partial charge in [-0.25, -0.2) is 13.6 Å². The first-order valence-electron chi connectivity index (χ1n) is 9.52. The maximum atomic E-state index is 13.9. The van der Waals surface area contributed by atoms with Crippen LogP contribution >= 0.6 is 0 Å². The van der Waals surface area contributed by atoms with E-state index in [1.165, 1.54) is 18.7 Å². The van der Waals surface area contributed by atoms with Crippen LogP contribution in [0.4, 0.5) is 8.78 Å². The molecule has 8 heteroatoms. The molecule has 0 unspecified atom stereocenters. The molecule has 1 aliphatic rings. The Morgan fingerprint density at radius 2 is 1.73 bits per heavy atom. The van der Waals surface area contributed by atoms with E-state index < -0.39 is 34.7 Å². The van der Waals surface area contributed by atoms with Crippen LogP contribution in [0.3, 0.4) is 0 Å². The first-order valence-corrected chi connectivity index (χ1v) is 9.52. The molecule has 0 aliphatic carbocycles. The van der Waals surface area contributed by atoms with Gasteiger partial charge in [0.05, 0.1) is 11.2 Å². The lowest BCUT2D eigenvalue weighted by Gasteiger charge is -2.39. The first kappa shape index (κ1) is 21.7. The maximum absolute atomic E-state index is 13.9. The van der Waals surface area contributed by atoms with Crippen LogP contribution in [0.15, 0.2) is 42.5 Å². The van der Waals surface area contributed by atoms with E-state index in [4.69, 9.17) is 4.74 Å². The van der Waals surface area contributed by atoms with Gasteiger partial charge in [-0.3, -0.25) is 4.79 Å². The second kappa shape index (κ2) is 8.02. The average Bonchev–Trinajstić information content (AvgIpc) is 2.68. The number of carbonyl (C=O) groups is 2. The Hall–Kier alpha value is -3.00. The van der Waals surface area contributed by atoms with Gasteiger partial charge in [-0.05, 0) is 44.9 Å². The summed E-state index contributed by atoms with van der Waals surface area (Å²) in [5.41, 5.74) is -2.64. The average molecular weight is 419 g/mol. The number of ether oxygens (including phenoxy) is 1. The van der Waals surface area contributed by atoms with Crippen LogP contribution in [0, 0.1) is 11.6 Å². The molecular weight excluding hydrogens is 396 g/mol. The molecule has 0 radical (unpaired) electrons. The molecule has 3 rings (SSSR count). The smallest absolute Gasteiger partial charge is 0.347 e. The highest BCUT2D eigenvalue weighted by atomic mass is 19.1. The van der Waals surface area contributed by atoms with Gasteiger partial charge >= 0.3 is 5.97 Å². The quantitative estimate of drug-likeness (QED) is 0.776. The van der Waals surface area contributed by atoms with Crippen LogP contribution in [-0.2, 0) is 10.4 Å². The van der Waals surface area contributed by atoms with Gasteiger partial charge in [-0.15, -0.1) is 0 Å². The topological polar surface area (TPSA) is 87.1 Å². The number of carbonyl (C=O) groups excluding carboxylic acids is 1. The number of piperidine rings is 1. The summed E-state index contributed by atoms with van der Waals surface area (Å²) >= 11 is 0. The second-order valence-corrected chi connectivity index (χ2v) is 7.86. The van der Waals surface area contributed by atoms with Crippen LogP contribution in [0.1, 0.15) is 42.6 Å². The van der Waals surface area contributed by atoms with E-state index in [9.17, 15) is 28.6 Å². The SMILES string of the molecule is CC(C)(Oc1ccccc1C1(O)CCN(C(=O)c2ccc(F)cc2F)CC1)C(=O)O. The number of hydrogen-bond donors (Lipinski definition) is 2. The highest BCUT2D eigenvalue weighted by Gasteiger charge is 2.39. The largest absolute Gasteiger partial charge is 0.478 e. The molecule has 0 aromatic heterocycles. The molecule has 1 heterocycles. The van der Waals surface area contributed by atoms with Gasteiger partial charge in [0.25, 0.3) is 5.91 Å². The number of likely N-dealkylation sites (tertiary alicyclic amines) is 1. The third kappa shape index (κ3) is 4.28. The summed E-state index contributed by atoms with van der Waals surface area (Å²) in [5.74, 6) is -3.18. The van der Waals surface area contributed by atoms with Crippen molar-refractivity contribution in [2.75, 3.05) is 13.1 Å². The molecular formula is C22H23F2NO5. The van der Waals surface area contributed by atoms with Crippen LogP contribution in [0.5, 0.6) is 5.75 Å². The third-order valence-electron chi connectivity index (χ3n) is 5.31. The van der Waals surface area contributed by atoms with Crippen LogP contribution < -0.4 is 4.74 Å². The number of hydrogen-bond acceptors (Lipinski definition) is 4. The second-order valence-electron chi connectivity index (χ2n) is 7.86. The predicted molar refractivity (Wildman–Crippen MR) is 104 cm³/mol. The van der Waals surface area contributed by atoms with Crippen LogP contribution in [0.25, 0.3) is 0 Å². The Morgan fingerprint density at radius 1 is 1.10 bits per heavy atom. The van der Waals surface area contributed by atoms with Crippen molar-refractivity contribution < 1.29 is 33.3 Å². The normalized spacial score (nSPS) is 16.2. The zero-order chi connectivity index (χ0) is 22.1. The Morgan fingerprint density at radius 3 is 2.33 bits per heavy atom. The molecule has 0 atom stereocenters. The molecule has 1 saturated heterocycles. The highest BCUT2D eigenvalue weighted by molar-refractivity contribution is 5.94. The number of carboxylic acid groups (broad SMARTS) is 1. The Balaban J connectivity index is 1.78. The minimum Gasteiger partial charge on any atom is -0.478 e. The van der Waals surface area contributed by atoms with E-state index >= 15 is 0 Å². The number of benzene rings is 2. The lowest BCUT2D eigenvalue weighted by atomic mass is 9.83. The molecule has 2 N–H and O–H groups in total. The summed E-state index contributed by atoms with van der Waals surface area (Å²) in [6, 6.07) is 9.41. The fourth-order valence-electron chi connectivity index (χ4n) is 3.44. The van der Waals surface area contributed by atoms with Gasteiger partial charge in [-0.2, -0.15) is 0 Å². The number of aliphatic hydroxyl groups is 1. The van der Waals surface area contributed by atoms with Gasteiger partial charge in [0.2, 0.25) is 0 Å². The number of rotatable bonds is 5. The van der Waals surface area contributed by atoms with Crippen molar-refractivity contribution in [1.82, 2.24) is 4.90 Å². The monoisotopic (exact) mass is 419 g/mol. The number of nitrogens with zero attached hydrogens (tertiary/aromatic N) is 1. The third-order valence-corrected chi connectivity index (χ3v) is 5.31. The van der Waals surface area contributed by atoms with E-state index in [0.717, 1.165) is 12.1 Å². The predicted octanol–water partition coefficient (Wildman–Crippen LogP) is 3.33. The number of aliphatic carboxylic acids is 1. The molecule has 1 aliphatic heterocycles. The zero-order valence-electron chi connectivity index (χ0n) is 16.7. The van der Waals surface area contributed by atoms with E-state index in [2.05, 4.69) is 0 Å². The van der Waals surface area contributed by atoms with E-state index in [0.29, 0.717) is 11.6 Å². The molecule has 0 spiro atoms. The van der Waals surface area contributed by atoms with Gasteiger partial charge in [0, 0.05) is 24.7 Å². The maximum Gasteiger partial charge on any atom is 0.347 e.